The van der Waals surface area contributed by atoms with E-state index in [-0.39, 0.29) is 0 Å². The molecule has 0 radical (unpaired) electrons. The Hall–Kier alpha value is -0.730. The van der Waals surface area contributed by atoms with Crippen LogP contribution in [0.1, 0.15) is 33.6 Å². The first-order valence-corrected chi connectivity index (χ1v) is 5.68. The lowest BCUT2D eigenvalue weighted by molar-refractivity contribution is 0.211. The SMILES string of the molecule is CCCN=C(N)N1CC(C)CC(C)C1. The molecule has 1 heterocycles. The number of rotatable bonds is 2. The number of hydrogen-bond donors (Lipinski definition) is 1. The molecule has 1 fully saturated rings. The fourth-order valence-electron chi connectivity index (χ4n) is 2.18. The van der Waals surface area contributed by atoms with Crippen molar-refractivity contribution in [3.63, 3.8) is 0 Å². The first kappa shape index (κ1) is 11.3. The Bertz CT molecular complexity index is 191. The number of piperidine rings is 1. The van der Waals surface area contributed by atoms with Crippen molar-refractivity contribution in [2.45, 2.75) is 33.6 Å². The Morgan fingerprint density at radius 1 is 1.36 bits per heavy atom. The van der Waals surface area contributed by atoms with Gasteiger partial charge in [-0.3, -0.25) is 4.99 Å². The minimum Gasteiger partial charge on any atom is -0.370 e. The Kier molecular flexibility index (Phi) is 4.23. The van der Waals surface area contributed by atoms with Crippen molar-refractivity contribution >= 4 is 5.96 Å². The number of nitrogens with zero attached hydrogens (tertiary/aromatic N) is 2. The van der Waals surface area contributed by atoms with Crippen LogP contribution in [0.2, 0.25) is 0 Å². The summed E-state index contributed by atoms with van der Waals surface area (Å²) >= 11 is 0. The Morgan fingerprint density at radius 2 is 1.93 bits per heavy atom. The average molecular weight is 197 g/mol. The minimum absolute atomic E-state index is 0.741. The summed E-state index contributed by atoms with van der Waals surface area (Å²) in [7, 11) is 0. The summed E-state index contributed by atoms with van der Waals surface area (Å²) < 4.78 is 0. The van der Waals surface area contributed by atoms with Crippen molar-refractivity contribution in [1.29, 1.82) is 0 Å². The van der Waals surface area contributed by atoms with Gasteiger partial charge in [0, 0.05) is 19.6 Å². The van der Waals surface area contributed by atoms with E-state index in [1.807, 2.05) is 0 Å². The van der Waals surface area contributed by atoms with Crippen LogP contribution in [0.3, 0.4) is 0 Å². The number of likely N-dealkylation sites (tertiary alicyclic amines) is 1. The van der Waals surface area contributed by atoms with Crippen molar-refractivity contribution in [3.8, 4) is 0 Å². The quantitative estimate of drug-likeness (QED) is 0.540. The summed E-state index contributed by atoms with van der Waals surface area (Å²) in [4.78, 5) is 6.59. The van der Waals surface area contributed by atoms with Gasteiger partial charge in [-0.2, -0.15) is 0 Å². The Labute approximate surface area is 87.4 Å². The van der Waals surface area contributed by atoms with Crippen LogP contribution >= 0.6 is 0 Å². The second kappa shape index (κ2) is 5.23. The van der Waals surface area contributed by atoms with Crippen molar-refractivity contribution in [2.24, 2.45) is 22.6 Å². The van der Waals surface area contributed by atoms with E-state index in [1.165, 1.54) is 6.42 Å². The molecule has 2 N–H and O–H groups in total. The maximum Gasteiger partial charge on any atom is 0.191 e. The summed E-state index contributed by atoms with van der Waals surface area (Å²) in [6.45, 7) is 9.70. The van der Waals surface area contributed by atoms with E-state index >= 15 is 0 Å². The maximum atomic E-state index is 5.93. The van der Waals surface area contributed by atoms with Crippen LogP contribution < -0.4 is 5.73 Å². The molecule has 1 aliphatic rings. The lowest BCUT2D eigenvalue weighted by Crippen LogP contribution is -2.46. The summed E-state index contributed by atoms with van der Waals surface area (Å²) in [6, 6.07) is 0. The van der Waals surface area contributed by atoms with Gasteiger partial charge in [0.15, 0.2) is 5.96 Å². The molecule has 82 valence electrons. The van der Waals surface area contributed by atoms with E-state index in [0.29, 0.717) is 0 Å². The van der Waals surface area contributed by atoms with Crippen molar-refractivity contribution in [1.82, 2.24) is 4.90 Å². The van der Waals surface area contributed by atoms with Crippen LogP contribution in [-0.4, -0.2) is 30.5 Å². The predicted octanol–water partition coefficient (Wildman–Crippen LogP) is 1.69. The molecule has 0 aromatic rings. The lowest BCUT2D eigenvalue weighted by Gasteiger charge is -2.35. The zero-order valence-corrected chi connectivity index (χ0v) is 9.66. The molecule has 0 bridgehead atoms. The molecule has 1 aliphatic heterocycles. The van der Waals surface area contributed by atoms with Crippen LogP contribution in [0.4, 0.5) is 0 Å². The van der Waals surface area contributed by atoms with Crippen LogP contribution in [-0.2, 0) is 0 Å². The fourth-order valence-corrected chi connectivity index (χ4v) is 2.18. The van der Waals surface area contributed by atoms with Crippen LogP contribution in [0.25, 0.3) is 0 Å². The van der Waals surface area contributed by atoms with E-state index in [0.717, 1.165) is 43.9 Å². The van der Waals surface area contributed by atoms with Gasteiger partial charge in [0.25, 0.3) is 0 Å². The van der Waals surface area contributed by atoms with Crippen LogP contribution in [0, 0.1) is 11.8 Å². The van der Waals surface area contributed by atoms with Crippen LogP contribution in [0.5, 0.6) is 0 Å². The summed E-state index contributed by atoms with van der Waals surface area (Å²) in [5.74, 6) is 2.23. The minimum atomic E-state index is 0.741. The van der Waals surface area contributed by atoms with Gasteiger partial charge in [-0.05, 0) is 24.7 Å². The highest BCUT2D eigenvalue weighted by molar-refractivity contribution is 5.78. The highest BCUT2D eigenvalue weighted by Crippen LogP contribution is 2.20. The molecule has 0 aliphatic carbocycles. The molecule has 0 amide bonds. The number of nitrogens with two attached hydrogens (primary N) is 1. The Morgan fingerprint density at radius 3 is 2.43 bits per heavy atom. The predicted molar refractivity (Wildman–Crippen MR) is 61.3 cm³/mol. The number of guanidine groups is 1. The average Bonchev–Trinajstić information content (AvgIpc) is 2.12. The van der Waals surface area contributed by atoms with Crippen molar-refractivity contribution in [3.05, 3.63) is 0 Å². The molecule has 14 heavy (non-hydrogen) atoms. The van der Waals surface area contributed by atoms with Gasteiger partial charge in [0.05, 0.1) is 0 Å². The van der Waals surface area contributed by atoms with Crippen molar-refractivity contribution in [2.75, 3.05) is 19.6 Å². The standard InChI is InChI=1S/C11H23N3/c1-4-5-13-11(12)14-7-9(2)6-10(3)8-14/h9-10H,4-8H2,1-3H3,(H2,12,13). The molecular weight excluding hydrogens is 174 g/mol. The normalized spacial score (nSPS) is 29.4. The van der Waals surface area contributed by atoms with E-state index in [1.54, 1.807) is 0 Å². The van der Waals surface area contributed by atoms with Gasteiger partial charge < -0.3 is 10.6 Å². The molecule has 0 aromatic heterocycles. The van der Waals surface area contributed by atoms with E-state index < -0.39 is 0 Å². The van der Waals surface area contributed by atoms with Gasteiger partial charge in [-0.15, -0.1) is 0 Å². The smallest absolute Gasteiger partial charge is 0.191 e. The number of aliphatic imine (C=N–C) groups is 1. The second-order valence-corrected chi connectivity index (χ2v) is 4.59. The van der Waals surface area contributed by atoms with Gasteiger partial charge in [-0.25, -0.2) is 0 Å². The molecule has 1 rings (SSSR count). The molecule has 0 spiro atoms. The second-order valence-electron chi connectivity index (χ2n) is 4.59. The highest BCUT2D eigenvalue weighted by Gasteiger charge is 2.22. The van der Waals surface area contributed by atoms with E-state index in [2.05, 4.69) is 30.7 Å². The third kappa shape index (κ3) is 3.20. The summed E-state index contributed by atoms with van der Waals surface area (Å²) in [6.07, 6.45) is 2.39. The lowest BCUT2D eigenvalue weighted by atomic mass is 9.92. The van der Waals surface area contributed by atoms with Crippen LogP contribution in [0.15, 0.2) is 4.99 Å². The summed E-state index contributed by atoms with van der Waals surface area (Å²) in [5.41, 5.74) is 5.93. The molecule has 3 nitrogen and oxygen atoms in total. The third-order valence-electron chi connectivity index (χ3n) is 2.69. The number of hydrogen-bond acceptors (Lipinski definition) is 1. The largest absolute Gasteiger partial charge is 0.370 e. The first-order valence-electron chi connectivity index (χ1n) is 5.68. The molecule has 3 heteroatoms. The highest BCUT2D eigenvalue weighted by atomic mass is 15.3. The van der Waals surface area contributed by atoms with Gasteiger partial charge in [0.2, 0.25) is 0 Å². The van der Waals surface area contributed by atoms with Crippen molar-refractivity contribution < 1.29 is 0 Å². The zero-order valence-electron chi connectivity index (χ0n) is 9.66. The molecule has 0 saturated carbocycles. The molecule has 1 saturated heterocycles. The fraction of sp³-hybridized carbons (Fsp3) is 0.909. The monoisotopic (exact) mass is 197 g/mol. The van der Waals surface area contributed by atoms with Gasteiger partial charge in [0.1, 0.15) is 0 Å². The molecule has 2 atom stereocenters. The summed E-state index contributed by atoms with van der Waals surface area (Å²) in [5, 5.41) is 0. The molecular formula is C11H23N3. The van der Waals surface area contributed by atoms with E-state index in [4.69, 9.17) is 5.73 Å². The zero-order chi connectivity index (χ0) is 10.6. The molecule has 2 unspecified atom stereocenters. The van der Waals surface area contributed by atoms with E-state index in [9.17, 15) is 0 Å². The third-order valence-corrected chi connectivity index (χ3v) is 2.69. The Balaban J connectivity index is 2.50. The topological polar surface area (TPSA) is 41.6 Å². The van der Waals surface area contributed by atoms with Gasteiger partial charge in [-0.1, -0.05) is 20.8 Å². The van der Waals surface area contributed by atoms with Gasteiger partial charge >= 0.3 is 0 Å². The first-order chi connectivity index (χ1) is 6.63. The molecule has 0 aromatic carbocycles. The maximum absolute atomic E-state index is 5.93.